The van der Waals surface area contributed by atoms with Gasteiger partial charge in [0.2, 0.25) is 0 Å². The molecule has 41 heavy (non-hydrogen) atoms. The summed E-state index contributed by atoms with van der Waals surface area (Å²) in [6.45, 7) is 1.42. The lowest BCUT2D eigenvalue weighted by Gasteiger charge is -2.16. The number of aromatic nitrogens is 4. The van der Waals surface area contributed by atoms with Gasteiger partial charge in [0.1, 0.15) is 5.75 Å². The average Bonchev–Trinajstić information content (AvgIpc) is 3.69. The molecule has 1 saturated heterocycles. The van der Waals surface area contributed by atoms with E-state index in [0.717, 1.165) is 63.7 Å². The van der Waals surface area contributed by atoms with Gasteiger partial charge in [0.15, 0.2) is 11.0 Å². The number of para-hydroxylation sites is 1. The van der Waals surface area contributed by atoms with Crippen LogP contribution in [-0.4, -0.2) is 52.6 Å². The van der Waals surface area contributed by atoms with Crippen LogP contribution in [0.25, 0.3) is 33.5 Å². The van der Waals surface area contributed by atoms with Crippen molar-refractivity contribution in [2.45, 2.75) is 36.4 Å². The Labute approximate surface area is 242 Å². The minimum Gasteiger partial charge on any atom is -0.496 e. The van der Waals surface area contributed by atoms with Crippen molar-refractivity contribution in [1.29, 1.82) is 0 Å². The van der Waals surface area contributed by atoms with E-state index in [0.29, 0.717) is 23.6 Å². The van der Waals surface area contributed by atoms with E-state index in [1.807, 2.05) is 42.5 Å². The molecule has 0 saturated carbocycles. The molecule has 1 atom stereocenters. The number of carbonyl (C=O) groups is 1. The van der Waals surface area contributed by atoms with Gasteiger partial charge in [-0.05, 0) is 37.1 Å². The molecular weight excluding hydrogens is 536 g/mol. The Bertz CT molecular complexity index is 1680. The van der Waals surface area contributed by atoms with Crippen molar-refractivity contribution in [1.82, 2.24) is 19.7 Å². The molecule has 8 nitrogen and oxygen atoms in total. The van der Waals surface area contributed by atoms with E-state index in [2.05, 4.69) is 33.9 Å². The molecule has 2 aromatic heterocycles. The van der Waals surface area contributed by atoms with E-state index in [1.54, 1.807) is 31.0 Å². The molecule has 0 amide bonds. The number of pyridine rings is 1. The quantitative estimate of drug-likeness (QED) is 0.149. The summed E-state index contributed by atoms with van der Waals surface area (Å²) in [6, 6.07) is 25.8. The number of thioether (sulfide) groups is 1. The van der Waals surface area contributed by atoms with Crippen LogP contribution in [0.2, 0.25) is 0 Å². The molecular formula is C32H30N4O4S. The summed E-state index contributed by atoms with van der Waals surface area (Å²) in [5, 5.41) is 11.2. The standard InChI is InChI=1S/C32H30N4O4S/c1-38-29-17-22(31(37)39-2)14-15-23(29)20-41-32-35-34-30(36(32)19-24-11-8-16-40-24)26-18-28(21-9-4-3-5-10-21)33-27-13-7-6-12-25(26)27/h3-7,9-10,12-15,17-18,24H,8,11,16,19-20H2,1-2H3/t24-/m1/s1. The minimum atomic E-state index is -0.400. The highest BCUT2D eigenvalue weighted by Crippen LogP contribution is 2.35. The maximum absolute atomic E-state index is 12.0. The van der Waals surface area contributed by atoms with Gasteiger partial charge in [-0.15, -0.1) is 10.2 Å². The van der Waals surface area contributed by atoms with Crippen molar-refractivity contribution in [2.75, 3.05) is 20.8 Å². The second-order valence-electron chi connectivity index (χ2n) is 9.80. The Morgan fingerprint density at radius 2 is 1.85 bits per heavy atom. The van der Waals surface area contributed by atoms with Crippen molar-refractivity contribution in [3.05, 3.63) is 90.0 Å². The number of ether oxygens (including phenoxy) is 3. The normalized spacial score (nSPS) is 14.8. The first kappa shape index (κ1) is 27.0. The van der Waals surface area contributed by atoms with Crippen molar-refractivity contribution in [3.63, 3.8) is 0 Å². The summed E-state index contributed by atoms with van der Waals surface area (Å²) in [5.74, 6) is 1.59. The predicted octanol–water partition coefficient (Wildman–Crippen LogP) is 6.43. The Morgan fingerprint density at radius 3 is 2.63 bits per heavy atom. The number of carbonyl (C=O) groups excluding carboxylic acids is 1. The van der Waals surface area contributed by atoms with Crippen LogP contribution < -0.4 is 4.74 Å². The summed E-state index contributed by atoms with van der Waals surface area (Å²) in [6.07, 6.45) is 2.14. The summed E-state index contributed by atoms with van der Waals surface area (Å²) >= 11 is 1.58. The zero-order valence-corrected chi connectivity index (χ0v) is 23.8. The Morgan fingerprint density at radius 1 is 1.02 bits per heavy atom. The SMILES string of the molecule is COC(=O)c1ccc(CSc2nnc(-c3cc(-c4ccccc4)nc4ccccc34)n2C[C@H]2CCCO2)c(OC)c1. The van der Waals surface area contributed by atoms with Crippen LogP contribution in [0.5, 0.6) is 5.75 Å². The number of methoxy groups -OCH3 is 2. The summed E-state index contributed by atoms with van der Waals surface area (Å²) in [4.78, 5) is 17.0. The summed E-state index contributed by atoms with van der Waals surface area (Å²) < 4.78 is 18.7. The maximum Gasteiger partial charge on any atom is 0.337 e. The molecule has 3 aromatic carbocycles. The first-order valence-corrected chi connectivity index (χ1v) is 14.5. The van der Waals surface area contributed by atoms with Crippen molar-refractivity contribution in [3.8, 4) is 28.4 Å². The number of esters is 1. The largest absolute Gasteiger partial charge is 0.496 e. The monoisotopic (exact) mass is 566 g/mol. The topological polar surface area (TPSA) is 88.4 Å². The molecule has 0 spiro atoms. The van der Waals surface area contributed by atoms with Gasteiger partial charge in [0.25, 0.3) is 0 Å². The highest BCUT2D eigenvalue weighted by Gasteiger charge is 2.24. The van der Waals surface area contributed by atoms with Gasteiger partial charge in [0.05, 0.1) is 43.6 Å². The summed E-state index contributed by atoms with van der Waals surface area (Å²) in [7, 11) is 2.97. The lowest BCUT2D eigenvalue weighted by molar-refractivity contribution is 0.0600. The smallest absolute Gasteiger partial charge is 0.337 e. The van der Waals surface area contributed by atoms with E-state index < -0.39 is 5.97 Å². The zero-order valence-electron chi connectivity index (χ0n) is 22.9. The molecule has 1 aliphatic rings. The molecule has 3 heterocycles. The number of fused-ring (bicyclic) bond motifs is 1. The van der Waals surface area contributed by atoms with Gasteiger partial charge in [0, 0.05) is 34.4 Å². The molecule has 0 unspecified atom stereocenters. The van der Waals surface area contributed by atoms with Gasteiger partial charge in [-0.3, -0.25) is 4.57 Å². The molecule has 0 N–H and O–H groups in total. The number of nitrogens with zero attached hydrogens (tertiary/aromatic N) is 4. The first-order valence-electron chi connectivity index (χ1n) is 13.5. The second kappa shape index (κ2) is 12.1. The van der Waals surface area contributed by atoms with Crippen molar-refractivity contribution in [2.24, 2.45) is 0 Å². The highest BCUT2D eigenvalue weighted by atomic mass is 32.2. The Kier molecular flexibility index (Phi) is 7.98. The molecule has 6 rings (SSSR count). The zero-order chi connectivity index (χ0) is 28.2. The number of rotatable bonds is 9. The van der Waals surface area contributed by atoms with E-state index in [4.69, 9.17) is 24.3 Å². The lowest BCUT2D eigenvalue weighted by atomic mass is 10.0. The van der Waals surface area contributed by atoms with Crippen LogP contribution in [0, 0.1) is 0 Å². The van der Waals surface area contributed by atoms with Gasteiger partial charge in [-0.1, -0.05) is 66.4 Å². The Balaban J connectivity index is 1.40. The molecule has 9 heteroatoms. The highest BCUT2D eigenvalue weighted by molar-refractivity contribution is 7.98. The van der Waals surface area contributed by atoms with Gasteiger partial charge >= 0.3 is 5.97 Å². The third-order valence-corrected chi connectivity index (χ3v) is 8.23. The van der Waals surface area contributed by atoms with Crippen LogP contribution >= 0.6 is 11.8 Å². The maximum atomic E-state index is 12.0. The second-order valence-corrected chi connectivity index (χ2v) is 10.7. The molecule has 1 fully saturated rings. The fourth-order valence-electron chi connectivity index (χ4n) is 5.12. The van der Waals surface area contributed by atoms with Crippen molar-refractivity contribution < 1.29 is 19.0 Å². The predicted molar refractivity (Wildman–Crippen MR) is 159 cm³/mol. The Hall–Kier alpha value is -4.21. The van der Waals surface area contributed by atoms with Gasteiger partial charge < -0.3 is 14.2 Å². The average molecular weight is 567 g/mol. The fourth-order valence-corrected chi connectivity index (χ4v) is 6.06. The van der Waals surface area contributed by atoms with Gasteiger partial charge in [-0.2, -0.15) is 0 Å². The van der Waals surface area contributed by atoms with E-state index in [1.165, 1.54) is 7.11 Å². The molecule has 0 aliphatic carbocycles. The molecule has 5 aromatic rings. The van der Waals surface area contributed by atoms with E-state index >= 15 is 0 Å². The lowest BCUT2D eigenvalue weighted by Crippen LogP contribution is -2.16. The number of hydrogen-bond donors (Lipinski definition) is 0. The van der Waals surface area contributed by atoms with Crippen LogP contribution in [0.4, 0.5) is 0 Å². The number of hydrogen-bond acceptors (Lipinski definition) is 8. The van der Waals surface area contributed by atoms with Crippen LogP contribution in [0.1, 0.15) is 28.8 Å². The van der Waals surface area contributed by atoms with Gasteiger partial charge in [-0.25, -0.2) is 9.78 Å². The summed E-state index contributed by atoms with van der Waals surface area (Å²) in [5.41, 5.74) is 5.20. The van der Waals surface area contributed by atoms with E-state index in [-0.39, 0.29) is 6.10 Å². The third kappa shape index (κ3) is 5.68. The molecule has 1 aliphatic heterocycles. The first-order chi connectivity index (χ1) is 20.1. The van der Waals surface area contributed by atoms with Crippen LogP contribution in [0.15, 0.2) is 84.0 Å². The number of benzene rings is 3. The third-order valence-electron chi connectivity index (χ3n) is 7.22. The van der Waals surface area contributed by atoms with E-state index in [9.17, 15) is 4.79 Å². The van der Waals surface area contributed by atoms with Crippen LogP contribution in [0.3, 0.4) is 0 Å². The molecule has 0 radical (unpaired) electrons. The minimum absolute atomic E-state index is 0.0969. The fraction of sp³-hybridized carbons (Fsp3) is 0.250. The van der Waals surface area contributed by atoms with Crippen LogP contribution in [-0.2, 0) is 21.8 Å². The van der Waals surface area contributed by atoms with Crippen molar-refractivity contribution >= 4 is 28.6 Å². The molecule has 208 valence electrons. The molecule has 0 bridgehead atoms.